The molecule has 1 saturated carbocycles. The number of hydrogen-bond acceptors (Lipinski definition) is 4. The minimum atomic E-state index is -0.955. The number of aryl methyl sites for hydroxylation is 1. The lowest BCUT2D eigenvalue weighted by atomic mass is 9.83. The van der Waals surface area contributed by atoms with Crippen LogP contribution in [0.3, 0.4) is 0 Å². The molecule has 3 rings (SSSR count). The Morgan fingerprint density at radius 3 is 2.33 bits per heavy atom. The summed E-state index contributed by atoms with van der Waals surface area (Å²) in [5.74, 6) is -0.625. The molecule has 1 aliphatic carbocycles. The second-order valence-corrected chi connectivity index (χ2v) is 5.97. The summed E-state index contributed by atoms with van der Waals surface area (Å²) < 4.78 is 0. The van der Waals surface area contributed by atoms with E-state index in [1.54, 1.807) is 6.07 Å². The van der Waals surface area contributed by atoms with E-state index in [0.717, 1.165) is 42.5 Å². The Morgan fingerprint density at radius 1 is 1.10 bits per heavy atom. The van der Waals surface area contributed by atoms with Gasteiger partial charge in [0.15, 0.2) is 11.9 Å². The normalized spacial score (nSPS) is 21.3. The van der Waals surface area contributed by atoms with Crippen LogP contribution in [-0.2, 0) is 4.79 Å². The van der Waals surface area contributed by atoms with Gasteiger partial charge >= 0.3 is 5.97 Å². The van der Waals surface area contributed by atoms with Crippen molar-refractivity contribution >= 4 is 23.1 Å². The Balaban J connectivity index is 1.86. The van der Waals surface area contributed by atoms with E-state index >= 15 is 0 Å². The van der Waals surface area contributed by atoms with Crippen LogP contribution in [0.5, 0.6) is 0 Å². The summed E-state index contributed by atoms with van der Waals surface area (Å²) in [6.07, 6.45) is 4.60. The number of carboxylic acids is 1. The number of anilines is 2. The van der Waals surface area contributed by atoms with Gasteiger partial charge in [-0.2, -0.15) is 0 Å². The summed E-state index contributed by atoms with van der Waals surface area (Å²) in [5.41, 5.74) is 3.08. The van der Waals surface area contributed by atoms with Gasteiger partial charge in [0.05, 0.1) is 11.4 Å². The van der Waals surface area contributed by atoms with Crippen LogP contribution in [0.1, 0.15) is 48.0 Å². The van der Waals surface area contributed by atoms with E-state index in [4.69, 9.17) is 5.11 Å². The molecule has 1 aliphatic heterocycles. The first kappa shape index (κ1) is 13.9. The number of carboxylic acid groups (broad SMARTS) is 1. The van der Waals surface area contributed by atoms with Gasteiger partial charge in [0, 0.05) is 11.5 Å². The van der Waals surface area contributed by atoms with E-state index in [1.807, 2.05) is 13.0 Å². The van der Waals surface area contributed by atoms with E-state index in [-0.39, 0.29) is 11.7 Å². The molecule has 21 heavy (non-hydrogen) atoms. The van der Waals surface area contributed by atoms with Gasteiger partial charge in [0.1, 0.15) is 0 Å². The topological polar surface area (TPSA) is 78.4 Å². The third-order valence-electron chi connectivity index (χ3n) is 4.45. The molecule has 2 aliphatic rings. The van der Waals surface area contributed by atoms with Crippen LogP contribution in [0.25, 0.3) is 0 Å². The van der Waals surface area contributed by atoms with Gasteiger partial charge in [-0.25, -0.2) is 4.79 Å². The van der Waals surface area contributed by atoms with Crippen LogP contribution in [0.4, 0.5) is 11.4 Å². The first-order chi connectivity index (χ1) is 10.1. The van der Waals surface area contributed by atoms with Gasteiger partial charge in [-0.1, -0.05) is 19.3 Å². The number of nitrogens with one attached hydrogen (secondary N) is 2. The van der Waals surface area contributed by atoms with E-state index < -0.39 is 12.1 Å². The monoisotopic (exact) mass is 288 g/mol. The van der Waals surface area contributed by atoms with Crippen molar-refractivity contribution in [1.82, 2.24) is 0 Å². The number of fused-ring (bicyclic) bond motifs is 1. The second-order valence-electron chi connectivity index (χ2n) is 5.97. The fourth-order valence-corrected chi connectivity index (χ4v) is 3.27. The van der Waals surface area contributed by atoms with Crippen molar-refractivity contribution in [2.24, 2.45) is 5.92 Å². The van der Waals surface area contributed by atoms with Crippen molar-refractivity contribution in [3.8, 4) is 0 Å². The van der Waals surface area contributed by atoms with Gasteiger partial charge in [-0.3, -0.25) is 4.79 Å². The molecule has 0 amide bonds. The molecule has 1 unspecified atom stereocenters. The predicted octanol–water partition coefficient (Wildman–Crippen LogP) is 3.01. The van der Waals surface area contributed by atoms with Gasteiger partial charge in [-0.05, 0) is 37.5 Å². The summed E-state index contributed by atoms with van der Waals surface area (Å²) in [5, 5.41) is 14.8. The Hall–Kier alpha value is -2.04. The molecule has 0 radical (unpaired) electrons. The molecule has 5 nitrogen and oxygen atoms in total. The van der Waals surface area contributed by atoms with Gasteiger partial charge < -0.3 is 15.7 Å². The average Bonchev–Trinajstić information content (AvgIpc) is 2.89. The number of rotatable bonds is 3. The molecule has 0 spiro atoms. The van der Waals surface area contributed by atoms with Crippen molar-refractivity contribution in [2.45, 2.75) is 45.2 Å². The largest absolute Gasteiger partial charge is 0.478 e. The number of carbonyl (C=O) groups is 2. The van der Waals surface area contributed by atoms with Crippen molar-refractivity contribution in [3.05, 3.63) is 23.3 Å². The van der Waals surface area contributed by atoms with Crippen LogP contribution >= 0.6 is 0 Å². The summed E-state index contributed by atoms with van der Waals surface area (Å²) in [4.78, 5) is 23.7. The van der Waals surface area contributed by atoms with Gasteiger partial charge in [-0.15, -0.1) is 0 Å². The highest BCUT2D eigenvalue weighted by molar-refractivity contribution is 6.02. The maximum atomic E-state index is 12.7. The number of aliphatic carboxylic acids is 1. The average molecular weight is 288 g/mol. The molecule has 1 aromatic rings. The molecular weight excluding hydrogens is 268 g/mol. The summed E-state index contributed by atoms with van der Waals surface area (Å²) >= 11 is 0. The lowest BCUT2D eigenvalue weighted by Crippen LogP contribution is -2.31. The first-order valence-electron chi connectivity index (χ1n) is 7.51. The third kappa shape index (κ3) is 2.60. The molecule has 0 aromatic heterocycles. The Bertz CT molecular complexity index is 591. The minimum Gasteiger partial charge on any atom is -0.478 e. The first-order valence-corrected chi connectivity index (χ1v) is 7.51. The zero-order valence-electron chi connectivity index (χ0n) is 12.1. The zero-order valence-corrected chi connectivity index (χ0v) is 12.1. The summed E-state index contributed by atoms with van der Waals surface area (Å²) in [6, 6.07) is 3.67. The van der Waals surface area contributed by atoms with Crippen LogP contribution in [0.15, 0.2) is 12.1 Å². The van der Waals surface area contributed by atoms with Gasteiger partial charge in [0.25, 0.3) is 0 Å². The van der Waals surface area contributed by atoms with Crippen LogP contribution < -0.4 is 10.6 Å². The SMILES string of the molecule is Cc1cc2c(cc1C(=O)C1CCCCC1)NC(C(=O)O)N2. The van der Waals surface area contributed by atoms with E-state index in [1.165, 1.54) is 6.42 Å². The highest BCUT2D eigenvalue weighted by atomic mass is 16.4. The van der Waals surface area contributed by atoms with Crippen LogP contribution in [0.2, 0.25) is 0 Å². The highest BCUT2D eigenvalue weighted by Gasteiger charge is 2.29. The maximum Gasteiger partial charge on any atom is 0.347 e. The van der Waals surface area contributed by atoms with E-state index in [9.17, 15) is 9.59 Å². The van der Waals surface area contributed by atoms with Crippen LogP contribution in [-0.4, -0.2) is 23.0 Å². The third-order valence-corrected chi connectivity index (χ3v) is 4.45. The number of hydrogen-bond donors (Lipinski definition) is 3. The number of ketones is 1. The quantitative estimate of drug-likeness (QED) is 0.745. The fourth-order valence-electron chi connectivity index (χ4n) is 3.27. The molecule has 1 heterocycles. The van der Waals surface area contributed by atoms with E-state index in [2.05, 4.69) is 10.6 Å². The fraction of sp³-hybridized carbons (Fsp3) is 0.500. The number of benzene rings is 1. The van der Waals surface area contributed by atoms with Crippen molar-refractivity contribution < 1.29 is 14.7 Å². The molecule has 5 heteroatoms. The molecule has 1 atom stereocenters. The molecule has 0 saturated heterocycles. The van der Waals surface area contributed by atoms with Crippen molar-refractivity contribution in [2.75, 3.05) is 10.6 Å². The summed E-state index contributed by atoms with van der Waals surface area (Å²) in [6.45, 7) is 1.91. The Labute approximate surface area is 123 Å². The molecule has 3 N–H and O–H groups in total. The van der Waals surface area contributed by atoms with Crippen LogP contribution in [0, 0.1) is 12.8 Å². The molecule has 0 bridgehead atoms. The minimum absolute atomic E-state index is 0.125. The number of carbonyl (C=O) groups excluding carboxylic acids is 1. The van der Waals surface area contributed by atoms with Crippen molar-refractivity contribution in [3.63, 3.8) is 0 Å². The zero-order chi connectivity index (χ0) is 15.0. The summed E-state index contributed by atoms with van der Waals surface area (Å²) in [7, 11) is 0. The predicted molar refractivity (Wildman–Crippen MR) is 80.8 cm³/mol. The molecule has 1 aromatic carbocycles. The highest BCUT2D eigenvalue weighted by Crippen LogP contribution is 2.34. The Morgan fingerprint density at radius 2 is 1.71 bits per heavy atom. The second kappa shape index (κ2) is 5.39. The van der Waals surface area contributed by atoms with Gasteiger partial charge in [0.2, 0.25) is 0 Å². The molecule has 1 fully saturated rings. The van der Waals surface area contributed by atoms with E-state index in [0.29, 0.717) is 5.69 Å². The number of Topliss-reactive ketones (excluding diaryl/α,β-unsaturated/α-hetero) is 1. The molecule has 112 valence electrons. The molecular formula is C16H20N2O3. The maximum absolute atomic E-state index is 12.7. The smallest absolute Gasteiger partial charge is 0.347 e. The Kier molecular flexibility index (Phi) is 3.57. The van der Waals surface area contributed by atoms with Crippen molar-refractivity contribution in [1.29, 1.82) is 0 Å². The lowest BCUT2D eigenvalue weighted by Gasteiger charge is -2.21. The lowest BCUT2D eigenvalue weighted by molar-refractivity contribution is -0.137. The standard InChI is InChI=1S/C16H20N2O3/c1-9-7-12-13(18-15(17-12)16(20)21)8-11(9)14(19)10-5-3-2-4-6-10/h7-8,10,15,17-18H,2-6H2,1H3,(H,20,21).